The van der Waals surface area contributed by atoms with Crippen molar-refractivity contribution in [2.45, 2.75) is 20.8 Å². The predicted molar refractivity (Wildman–Crippen MR) is 160 cm³/mol. The summed E-state index contributed by atoms with van der Waals surface area (Å²) in [5.41, 5.74) is 8.81. The number of fused-ring (bicyclic) bond motifs is 1. The molecule has 3 heterocycles. The van der Waals surface area contributed by atoms with Gasteiger partial charge in [0.2, 0.25) is 4.80 Å². The number of aryl methyl sites for hydroxylation is 2. The number of aromatic nitrogens is 1. The lowest BCUT2D eigenvalue weighted by Gasteiger charge is -2.28. The van der Waals surface area contributed by atoms with Crippen molar-refractivity contribution in [3.8, 4) is 17.0 Å². The average Bonchev–Trinajstić information content (AvgIpc) is 3.36. The van der Waals surface area contributed by atoms with Gasteiger partial charge in [-0.1, -0.05) is 18.2 Å². The third-order valence-electron chi connectivity index (χ3n) is 7.22. The number of benzene rings is 3. The molecule has 2 aliphatic rings. The summed E-state index contributed by atoms with van der Waals surface area (Å²) >= 11 is 1.52. The Morgan fingerprint density at radius 3 is 2.55 bits per heavy atom. The van der Waals surface area contributed by atoms with E-state index in [4.69, 9.17) is 19.6 Å². The van der Waals surface area contributed by atoms with Crippen molar-refractivity contribution in [3.63, 3.8) is 0 Å². The van der Waals surface area contributed by atoms with E-state index in [2.05, 4.69) is 60.5 Å². The molecule has 1 fully saturated rings. The number of ether oxygens (including phenoxy) is 2. The van der Waals surface area contributed by atoms with Crippen LogP contribution in [-0.2, 0) is 9.53 Å². The van der Waals surface area contributed by atoms with Crippen LogP contribution >= 0.6 is 11.3 Å². The molecule has 0 saturated carbocycles. The van der Waals surface area contributed by atoms with Gasteiger partial charge < -0.3 is 19.7 Å². The minimum Gasteiger partial charge on any atom is -0.482 e. The van der Waals surface area contributed by atoms with Crippen LogP contribution in [0.3, 0.4) is 0 Å². The van der Waals surface area contributed by atoms with Gasteiger partial charge in [-0.25, -0.2) is 9.67 Å². The second-order valence-corrected chi connectivity index (χ2v) is 10.8. The third kappa shape index (κ3) is 5.43. The maximum absolute atomic E-state index is 11.9. The molecular formula is C31H31N5O3S. The first-order valence-corrected chi connectivity index (χ1v) is 14.2. The molecule has 40 heavy (non-hydrogen) atoms. The quantitative estimate of drug-likeness (QED) is 0.331. The van der Waals surface area contributed by atoms with Gasteiger partial charge in [0, 0.05) is 29.7 Å². The largest absolute Gasteiger partial charge is 0.482 e. The first kappa shape index (κ1) is 26.0. The Morgan fingerprint density at radius 2 is 1.77 bits per heavy atom. The number of hydrogen-bond donors (Lipinski definition) is 1. The molecule has 1 N–H and O–H groups in total. The Bertz CT molecular complexity index is 1660. The smallest absolute Gasteiger partial charge is 0.262 e. The van der Waals surface area contributed by atoms with Crippen LogP contribution in [0.1, 0.15) is 23.6 Å². The number of nitrogens with zero attached hydrogens (tertiary/aromatic N) is 4. The van der Waals surface area contributed by atoms with E-state index in [1.807, 2.05) is 41.2 Å². The number of amides is 1. The maximum Gasteiger partial charge on any atom is 0.262 e. The van der Waals surface area contributed by atoms with Crippen LogP contribution in [0, 0.1) is 13.8 Å². The average molecular weight is 554 g/mol. The van der Waals surface area contributed by atoms with E-state index in [0.29, 0.717) is 11.4 Å². The van der Waals surface area contributed by atoms with Crippen LogP contribution < -0.4 is 19.8 Å². The number of thiazole rings is 1. The van der Waals surface area contributed by atoms with Crippen molar-refractivity contribution in [1.82, 2.24) is 4.68 Å². The van der Waals surface area contributed by atoms with E-state index < -0.39 is 0 Å². The topological polar surface area (TPSA) is 80.5 Å². The van der Waals surface area contributed by atoms with Crippen LogP contribution in [0.2, 0.25) is 0 Å². The Morgan fingerprint density at radius 1 is 0.975 bits per heavy atom. The van der Waals surface area contributed by atoms with Crippen molar-refractivity contribution >= 4 is 40.0 Å². The zero-order chi connectivity index (χ0) is 27.6. The Hall–Kier alpha value is -4.21. The molecule has 1 amide bonds. The lowest BCUT2D eigenvalue weighted by molar-refractivity contribution is -0.118. The molecular weight excluding hydrogens is 522 g/mol. The van der Waals surface area contributed by atoms with Crippen LogP contribution in [0.4, 0.5) is 17.1 Å². The molecule has 4 aromatic rings. The number of rotatable bonds is 5. The fourth-order valence-corrected chi connectivity index (χ4v) is 5.61. The van der Waals surface area contributed by atoms with Crippen molar-refractivity contribution in [3.05, 3.63) is 87.5 Å². The molecule has 1 aromatic heterocycles. The van der Waals surface area contributed by atoms with E-state index in [0.717, 1.165) is 59.3 Å². The highest BCUT2D eigenvalue weighted by molar-refractivity contribution is 7.07. The molecule has 0 aliphatic carbocycles. The normalized spacial score (nSPS) is 16.0. The van der Waals surface area contributed by atoms with Crippen LogP contribution in [0.5, 0.6) is 5.75 Å². The first-order chi connectivity index (χ1) is 19.4. The monoisotopic (exact) mass is 553 g/mol. The fraction of sp³-hybridized carbons (Fsp3) is 0.258. The minimum absolute atomic E-state index is 0.0254. The van der Waals surface area contributed by atoms with Gasteiger partial charge in [0.05, 0.1) is 36.0 Å². The van der Waals surface area contributed by atoms with Gasteiger partial charge in [-0.15, -0.1) is 11.3 Å². The SMILES string of the molecule is CC(=Nn1c(-c2ccc3c(c2)NC(=O)CO3)csc1=Nc1ccc(C)c(C)c1)c1ccc(N2CCOCC2)cc1. The van der Waals surface area contributed by atoms with E-state index in [1.165, 1.54) is 28.2 Å². The number of anilines is 2. The minimum atomic E-state index is -0.164. The first-order valence-electron chi connectivity index (χ1n) is 13.3. The third-order valence-corrected chi connectivity index (χ3v) is 8.04. The molecule has 8 nitrogen and oxygen atoms in total. The van der Waals surface area contributed by atoms with E-state index >= 15 is 0 Å². The Labute approximate surface area is 237 Å². The van der Waals surface area contributed by atoms with Crippen molar-refractivity contribution in [2.75, 3.05) is 43.1 Å². The van der Waals surface area contributed by atoms with E-state index in [1.54, 1.807) is 0 Å². The number of hydrogen-bond acceptors (Lipinski definition) is 7. The van der Waals surface area contributed by atoms with Gasteiger partial charge in [0.15, 0.2) is 6.61 Å². The second kappa shape index (κ2) is 11.1. The molecule has 0 bridgehead atoms. The number of carbonyl (C=O) groups is 1. The summed E-state index contributed by atoms with van der Waals surface area (Å²) < 4.78 is 12.9. The van der Waals surface area contributed by atoms with Crippen LogP contribution in [0.25, 0.3) is 11.3 Å². The molecule has 0 radical (unpaired) electrons. The molecule has 9 heteroatoms. The number of carbonyl (C=O) groups excluding carboxylic acids is 1. The van der Waals surface area contributed by atoms with E-state index in [9.17, 15) is 4.79 Å². The molecule has 3 aromatic carbocycles. The zero-order valence-electron chi connectivity index (χ0n) is 22.8. The molecule has 0 unspecified atom stereocenters. The van der Waals surface area contributed by atoms with Gasteiger partial charge in [0.1, 0.15) is 5.75 Å². The summed E-state index contributed by atoms with van der Waals surface area (Å²) in [6, 6.07) is 20.5. The molecule has 2 aliphatic heterocycles. The summed E-state index contributed by atoms with van der Waals surface area (Å²) in [6.45, 7) is 9.53. The van der Waals surface area contributed by atoms with Crippen molar-refractivity contribution < 1.29 is 14.3 Å². The summed E-state index contributed by atoms with van der Waals surface area (Å²) in [6.07, 6.45) is 0. The van der Waals surface area contributed by atoms with Gasteiger partial charge >= 0.3 is 0 Å². The maximum atomic E-state index is 11.9. The highest BCUT2D eigenvalue weighted by atomic mass is 32.1. The highest BCUT2D eigenvalue weighted by Gasteiger charge is 2.18. The molecule has 1 saturated heterocycles. The Kier molecular flexibility index (Phi) is 7.23. The highest BCUT2D eigenvalue weighted by Crippen LogP contribution is 2.33. The van der Waals surface area contributed by atoms with Gasteiger partial charge in [-0.3, -0.25) is 4.79 Å². The predicted octanol–water partition coefficient (Wildman–Crippen LogP) is 5.51. The summed E-state index contributed by atoms with van der Waals surface area (Å²) in [7, 11) is 0. The number of morpholine rings is 1. The lowest BCUT2D eigenvalue weighted by Crippen LogP contribution is -2.36. The molecule has 0 atom stereocenters. The van der Waals surface area contributed by atoms with E-state index in [-0.39, 0.29) is 12.5 Å². The summed E-state index contributed by atoms with van der Waals surface area (Å²) in [5, 5.41) is 10.0. The fourth-order valence-electron chi connectivity index (χ4n) is 4.76. The molecule has 0 spiro atoms. The van der Waals surface area contributed by atoms with Crippen LogP contribution in [0.15, 0.2) is 76.1 Å². The lowest BCUT2D eigenvalue weighted by atomic mass is 10.1. The number of nitrogens with one attached hydrogen (secondary N) is 1. The van der Waals surface area contributed by atoms with Gasteiger partial charge in [-0.05, 0) is 79.9 Å². The standard InChI is InChI=1S/C31H31N5O3S/c1-20-4-8-25(16-21(20)2)32-31-36(28(19-40-31)24-7-11-29-27(17-24)33-30(37)18-39-29)34-22(3)23-5-9-26(10-6-23)35-12-14-38-15-13-35/h4-11,16-17,19H,12-15,18H2,1-3H3,(H,33,37). The van der Waals surface area contributed by atoms with Crippen molar-refractivity contribution in [1.29, 1.82) is 0 Å². The zero-order valence-corrected chi connectivity index (χ0v) is 23.6. The van der Waals surface area contributed by atoms with Crippen molar-refractivity contribution in [2.24, 2.45) is 10.1 Å². The Balaban J connectivity index is 1.42. The molecule has 204 valence electrons. The summed E-state index contributed by atoms with van der Waals surface area (Å²) in [5.74, 6) is 0.493. The van der Waals surface area contributed by atoms with Gasteiger partial charge in [0.25, 0.3) is 5.91 Å². The summed E-state index contributed by atoms with van der Waals surface area (Å²) in [4.78, 5) is 20.0. The van der Waals surface area contributed by atoms with Gasteiger partial charge in [-0.2, -0.15) is 5.10 Å². The molecule has 6 rings (SSSR count). The van der Waals surface area contributed by atoms with Crippen LogP contribution in [-0.4, -0.2) is 49.2 Å². The second-order valence-electron chi connectivity index (χ2n) is 9.98.